The minimum absolute atomic E-state index is 0.146. The van der Waals surface area contributed by atoms with Crippen LogP contribution >= 0.6 is 0 Å². The molecule has 1 aliphatic rings. The number of ketones is 1. The molecule has 1 saturated heterocycles. The molecule has 1 fully saturated rings. The van der Waals surface area contributed by atoms with E-state index in [1.807, 2.05) is 0 Å². The first-order chi connectivity index (χ1) is 5.24. The smallest absolute Gasteiger partial charge is 0.227 e. The van der Waals surface area contributed by atoms with Gasteiger partial charge in [0.05, 0.1) is 12.7 Å². The summed E-state index contributed by atoms with van der Waals surface area (Å²) in [7, 11) is 0. The van der Waals surface area contributed by atoms with Gasteiger partial charge >= 0.3 is 0 Å². The highest BCUT2D eigenvalue weighted by atomic mass is 16.2. The fourth-order valence-corrected chi connectivity index (χ4v) is 0.934. The zero-order chi connectivity index (χ0) is 8.27. The van der Waals surface area contributed by atoms with Gasteiger partial charge in [-0.15, -0.1) is 0 Å². The predicted octanol–water partition coefficient (Wildman–Crippen LogP) is -0.0926. The fraction of sp³-hybridized carbons (Fsp3) is 0.429. The lowest BCUT2D eigenvalue weighted by molar-refractivity contribution is -0.125. The lowest BCUT2D eigenvalue weighted by Crippen LogP contribution is -2.22. The minimum Gasteiger partial charge on any atom is -0.515 e. The Morgan fingerprint density at radius 2 is 2.18 bits per heavy atom. The maximum absolute atomic E-state index is 11.0. The second-order valence-corrected chi connectivity index (χ2v) is 2.35. The molecule has 1 heterocycles. The Hall–Kier alpha value is -1.32. The van der Waals surface area contributed by atoms with Crippen LogP contribution < -0.4 is 5.32 Å². The first-order valence-electron chi connectivity index (χ1n) is 3.37. The van der Waals surface area contributed by atoms with Gasteiger partial charge in [0.2, 0.25) is 5.91 Å². The fourth-order valence-electron chi connectivity index (χ4n) is 0.934. The number of aliphatic hydroxyl groups excluding tert-OH is 1. The van der Waals surface area contributed by atoms with E-state index in [1.165, 1.54) is 0 Å². The minimum atomic E-state index is -0.289. The van der Waals surface area contributed by atoms with E-state index in [2.05, 4.69) is 5.32 Å². The summed E-state index contributed by atoms with van der Waals surface area (Å²) in [5.41, 5.74) is 0.323. The van der Waals surface area contributed by atoms with E-state index < -0.39 is 0 Å². The average Bonchev–Trinajstić information content (AvgIpc) is 2.11. The maximum atomic E-state index is 11.0. The number of hydrogen-bond acceptors (Lipinski definition) is 3. The molecular weight excluding hydrogens is 146 g/mol. The quantitative estimate of drug-likeness (QED) is 0.292. The molecule has 2 N–H and O–H groups in total. The van der Waals surface area contributed by atoms with E-state index in [9.17, 15) is 9.59 Å². The van der Waals surface area contributed by atoms with Crippen LogP contribution in [0.5, 0.6) is 0 Å². The molecule has 0 aliphatic carbocycles. The molecule has 0 spiro atoms. The third-order valence-corrected chi connectivity index (χ3v) is 1.55. The zero-order valence-corrected chi connectivity index (χ0v) is 5.96. The molecule has 0 aromatic carbocycles. The molecule has 60 valence electrons. The molecule has 0 aromatic heterocycles. The summed E-state index contributed by atoms with van der Waals surface area (Å²) in [6.45, 7) is 0.428. The summed E-state index contributed by atoms with van der Waals surface area (Å²) in [6, 6.07) is 0. The van der Waals surface area contributed by atoms with E-state index in [1.54, 1.807) is 0 Å². The van der Waals surface area contributed by atoms with Crippen LogP contribution in [-0.4, -0.2) is 23.3 Å². The highest BCUT2D eigenvalue weighted by molar-refractivity contribution is 6.07. The van der Waals surface area contributed by atoms with Crippen molar-refractivity contribution in [2.45, 2.75) is 12.8 Å². The Morgan fingerprint density at radius 1 is 1.45 bits per heavy atom. The Kier molecular flexibility index (Phi) is 2.25. The van der Waals surface area contributed by atoms with Crippen LogP contribution in [0.2, 0.25) is 0 Å². The van der Waals surface area contributed by atoms with Gasteiger partial charge in [-0.25, -0.2) is 0 Å². The standard InChI is InChI=1S/C7H9NO3/c9-4-5-1-2-8-7(11)3-6(5)10/h4,9H,1-3H2,(H,8,11). The Bertz CT molecular complexity index is 220. The number of carbonyl (C=O) groups is 2. The lowest BCUT2D eigenvalue weighted by atomic mass is 10.1. The second-order valence-electron chi connectivity index (χ2n) is 2.35. The molecule has 0 unspecified atom stereocenters. The van der Waals surface area contributed by atoms with Gasteiger partial charge in [-0.1, -0.05) is 0 Å². The summed E-state index contributed by atoms with van der Waals surface area (Å²) in [6.07, 6.45) is 1.05. The van der Waals surface area contributed by atoms with Crippen molar-refractivity contribution in [3.05, 3.63) is 11.8 Å². The molecule has 1 rings (SSSR count). The van der Waals surface area contributed by atoms with Crippen molar-refractivity contribution in [1.29, 1.82) is 0 Å². The number of nitrogens with one attached hydrogen (secondary N) is 1. The average molecular weight is 155 g/mol. The van der Waals surface area contributed by atoms with Crippen molar-refractivity contribution in [1.82, 2.24) is 5.32 Å². The third kappa shape index (κ3) is 1.80. The van der Waals surface area contributed by atoms with Crippen LogP contribution in [0.4, 0.5) is 0 Å². The van der Waals surface area contributed by atoms with Gasteiger partial charge in [-0.05, 0) is 6.42 Å². The van der Waals surface area contributed by atoms with Gasteiger partial charge < -0.3 is 10.4 Å². The Balaban J connectivity index is 2.73. The molecule has 0 radical (unpaired) electrons. The summed E-state index contributed by atoms with van der Waals surface area (Å²) >= 11 is 0. The van der Waals surface area contributed by atoms with Crippen molar-refractivity contribution >= 4 is 11.7 Å². The molecule has 1 amide bonds. The van der Waals surface area contributed by atoms with Gasteiger partial charge in [0.1, 0.15) is 0 Å². The number of aliphatic hydroxyl groups is 1. The molecule has 4 heteroatoms. The molecule has 0 aromatic rings. The highest BCUT2D eigenvalue weighted by Crippen LogP contribution is 2.07. The van der Waals surface area contributed by atoms with Crippen molar-refractivity contribution in [3.63, 3.8) is 0 Å². The first kappa shape index (κ1) is 7.78. The SMILES string of the molecule is O=C1CC(=O)C(=CO)CCN1. The van der Waals surface area contributed by atoms with Crippen LogP contribution in [0.25, 0.3) is 0 Å². The first-order valence-corrected chi connectivity index (χ1v) is 3.37. The molecule has 11 heavy (non-hydrogen) atoms. The zero-order valence-electron chi connectivity index (χ0n) is 5.96. The molecular formula is C7H9NO3. The van der Waals surface area contributed by atoms with Crippen molar-refractivity contribution in [3.8, 4) is 0 Å². The van der Waals surface area contributed by atoms with Crippen LogP contribution in [0.3, 0.4) is 0 Å². The van der Waals surface area contributed by atoms with Crippen LogP contribution in [-0.2, 0) is 9.59 Å². The van der Waals surface area contributed by atoms with Crippen molar-refractivity contribution in [2.24, 2.45) is 0 Å². The van der Waals surface area contributed by atoms with Gasteiger partial charge in [0, 0.05) is 12.1 Å². The normalized spacial score (nSPS) is 23.1. The molecule has 0 bridgehead atoms. The Morgan fingerprint density at radius 3 is 2.82 bits per heavy atom. The van der Waals surface area contributed by atoms with E-state index in [0.29, 0.717) is 18.5 Å². The van der Waals surface area contributed by atoms with Crippen LogP contribution in [0.15, 0.2) is 11.8 Å². The topological polar surface area (TPSA) is 66.4 Å². The van der Waals surface area contributed by atoms with Gasteiger partial charge in [-0.3, -0.25) is 9.59 Å². The predicted molar refractivity (Wildman–Crippen MR) is 38.0 cm³/mol. The summed E-state index contributed by atoms with van der Waals surface area (Å²) < 4.78 is 0. The second kappa shape index (κ2) is 3.18. The van der Waals surface area contributed by atoms with E-state index in [-0.39, 0.29) is 18.1 Å². The molecule has 0 saturated carbocycles. The molecule has 1 aliphatic heterocycles. The summed E-state index contributed by atoms with van der Waals surface area (Å²) in [4.78, 5) is 21.7. The number of rotatable bonds is 0. The van der Waals surface area contributed by atoms with Gasteiger partial charge in [-0.2, -0.15) is 0 Å². The maximum Gasteiger partial charge on any atom is 0.227 e. The lowest BCUT2D eigenvalue weighted by Gasteiger charge is -1.94. The third-order valence-electron chi connectivity index (χ3n) is 1.55. The molecule has 4 nitrogen and oxygen atoms in total. The number of carbonyl (C=O) groups excluding carboxylic acids is 2. The number of hydrogen-bond donors (Lipinski definition) is 2. The van der Waals surface area contributed by atoms with Crippen molar-refractivity contribution < 1.29 is 14.7 Å². The van der Waals surface area contributed by atoms with Crippen LogP contribution in [0.1, 0.15) is 12.8 Å². The summed E-state index contributed by atoms with van der Waals surface area (Å²) in [5.74, 6) is -0.561. The largest absolute Gasteiger partial charge is 0.515 e. The van der Waals surface area contributed by atoms with E-state index in [0.717, 1.165) is 6.26 Å². The monoisotopic (exact) mass is 155 g/mol. The summed E-state index contributed by atoms with van der Waals surface area (Å²) in [5, 5.41) is 11.1. The Labute approximate surface area is 63.9 Å². The highest BCUT2D eigenvalue weighted by Gasteiger charge is 2.17. The van der Waals surface area contributed by atoms with Crippen LogP contribution in [0, 0.1) is 0 Å². The van der Waals surface area contributed by atoms with Gasteiger partial charge in [0.25, 0.3) is 0 Å². The number of Topliss-reactive ketones (excluding diaryl/α,β-unsaturated/α-hetero) is 1. The molecule has 0 atom stereocenters. The van der Waals surface area contributed by atoms with E-state index in [4.69, 9.17) is 5.11 Å². The van der Waals surface area contributed by atoms with Crippen molar-refractivity contribution in [2.75, 3.05) is 6.54 Å². The number of amides is 1. The van der Waals surface area contributed by atoms with Gasteiger partial charge in [0.15, 0.2) is 5.78 Å². The van der Waals surface area contributed by atoms with E-state index >= 15 is 0 Å².